The van der Waals surface area contributed by atoms with Gasteiger partial charge in [0.15, 0.2) is 0 Å². The Labute approximate surface area is 95.6 Å². The Balaban J connectivity index is 4.39. The molecular weight excluding hydrogens is 212 g/mol. The minimum Gasteiger partial charge on any atom is -0.480 e. The predicted molar refractivity (Wildman–Crippen MR) is 59.4 cm³/mol. The van der Waals surface area contributed by atoms with Gasteiger partial charge in [-0.1, -0.05) is 0 Å². The molecule has 0 bridgehead atoms. The van der Waals surface area contributed by atoms with Crippen molar-refractivity contribution in [1.29, 1.82) is 0 Å². The van der Waals surface area contributed by atoms with Crippen LogP contribution >= 0.6 is 0 Å². The van der Waals surface area contributed by atoms with Crippen LogP contribution in [0.5, 0.6) is 0 Å². The minimum absolute atomic E-state index is 0.317. The van der Waals surface area contributed by atoms with Crippen molar-refractivity contribution in [2.45, 2.75) is 26.3 Å². The number of nitrogens with zero attached hydrogens (tertiary/aromatic N) is 1. The summed E-state index contributed by atoms with van der Waals surface area (Å²) in [6.07, 6.45) is 0. The molecule has 0 aliphatic heterocycles. The van der Waals surface area contributed by atoms with Crippen LogP contribution in [-0.2, 0) is 9.53 Å². The van der Waals surface area contributed by atoms with Crippen molar-refractivity contribution in [2.24, 2.45) is 0 Å². The number of carboxylic acid groups (broad SMARTS) is 1. The van der Waals surface area contributed by atoms with Crippen LogP contribution in [0.2, 0.25) is 0 Å². The van der Waals surface area contributed by atoms with Crippen molar-refractivity contribution in [3.05, 3.63) is 0 Å². The highest BCUT2D eigenvalue weighted by Crippen LogP contribution is 2.12. The van der Waals surface area contributed by atoms with E-state index in [0.717, 1.165) is 0 Å². The van der Waals surface area contributed by atoms with Crippen molar-refractivity contribution in [3.8, 4) is 0 Å². The molecule has 2 amide bonds. The number of urea groups is 1. The summed E-state index contributed by atoms with van der Waals surface area (Å²) in [4.78, 5) is 23.6. The van der Waals surface area contributed by atoms with Crippen LogP contribution in [0.3, 0.4) is 0 Å². The van der Waals surface area contributed by atoms with Crippen molar-refractivity contribution in [1.82, 2.24) is 10.2 Å². The Morgan fingerprint density at radius 1 is 1.38 bits per heavy atom. The molecule has 0 aliphatic carbocycles. The molecule has 0 rings (SSSR count). The lowest BCUT2D eigenvalue weighted by molar-refractivity contribution is -0.138. The van der Waals surface area contributed by atoms with Gasteiger partial charge in [0.25, 0.3) is 0 Å². The summed E-state index contributed by atoms with van der Waals surface area (Å²) >= 11 is 0. The third-order valence-corrected chi connectivity index (χ3v) is 1.93. The summed E-state index contributed by atoms with van der Waals surface area (Å²) in [6, 6.07) is -0.396. The smallest absolute Gasteiger partial charge is 0.323 e. The van der Waals surface area contributed by atoms with Crippen molar-refractivity contribution >= 4 is 12.0 Å². The van der Waals surface area contributed by atoms with Crippen LogP contribution in [-0.4, -0.2) is 54.4 Å². The van der Waals surface area contributed by atoms with Gasteiger partial charge >= 0.3 is 12.0 Å². The number of carbonyl (C=O) groups is 2. The maximum Gasteiger partial charge on any atom is 0.323 e. The van der Waals surface area contributed by atoms with Crippen LogP contribution in [0.25, 0.3) is 0 Å². The number of hydrogen-bond acceptors (Lipinski definition) is 3. The number of carboxylic acids is 1. The third-order valence-electron chi connectivity index (χ3n) is 1.93. The van der Waals surface area contributed by atoms with Crippen LogP contribution < -0.4 is 5.32 Å². The van der Waals surface area contributed by atoms with Crippen LogP contribution in [0.15, 0.2) is 0 Å². The zero-order valence-corrected chi connectivity index (χ0v) is 10.2. The number of aliphatic carboxylic acids is 1. The lowest BCUT2D eigenvalue weighted by atomic mass is 10.1. The fourth-order valence-electron chi connectivity index (χ4n) is 1.10. The van der Waals surface area contributed by atoms with E-state index in [1.54, 1.807) is 20.8 Å². The van der Waals surface area contributed by atoms with E-state index in [9.17, 15) is 9.59 Å². The summed E-state index contributed by atoms with van der Waals surface area (Å²) < 4.78 is 4.79. The molecule has 0 radical (unpaired) electrons. The molecule has 16 heavy (non-hydrogen) atoms. The van der Waals surface area contributed by atoms with Gasteiger partial charge in [0.2, 0.25) is 0 Å². The molecule has 0 atom stereocenters. The predicted octanol–water partition coefficient (Wildman–Crippen LogP) is 0.527. The van der Waals surface area contributed by atoms with E-state index >= 15 is 0 Å². The van der Waals surface area contributed by atoms with E-state index in [1.807, 2.05) is 0 Å². The molecule has 0 aliphatic rings. The van der Waals surface area contributed by atoms with Crippen molar-refractivity contribution < 1.29 is 19.4 Å². The number of amides is 2. The van der Waals surface area contributed by atoms with Gasteiger partial charge in [-0.15, -0.1) is 0 Å². The Morgan fingerprint density at radius 3 is 2.31 bits per heavy atom. The standard InChI is InChI=1S/C10H20N2O4/c1-10(2,3)12(7-8(13)14)9(15)11-5-6-16-4/h5-7H2,1-4H3,(H,11,15)(H,13,14). The molecule has 0 spiro atoms. The van der Waals surface area contributed by atoms with Gasteiger partial charge in [0, 0.05) is 19.2 Å². The molecule has 94 valence electrons. The normalized spacial score (nSPS) is 11.0. The Morgan fingerprint density at radius 2 is 1.94 bits per heavy atom. The number of ether oxygens (including phenoxy) is 1. The summed E-state index contributed by atoms with van der Waals surface area (Å²) in [7, 11) is 1.53. The second-order valence-corrected chi connectivity index (χ2v) is 4.38. The Kier molecular flexibility index (Phi) is 5.81. The molecule has 0 aromatic heterocycles. The number of rotatable bonds is 5. The Bertz CT molecular complexity index is 248. The van der Waals surface area contributed by atoms with E-state index in [1.165, 1.54) is 12.0 Å². The first-order valence-corrected chi connectivity index (χ1v) is 5.05. The minimum atomic E-state index is -1.03. The Hall–Kier alpha value is -1.30. The van der Waals surface area contributed by atoms with Gasteiger partial charge in [-0.25, -0.2) is 4.79 Å². The van der Waals surface area contributed by atoms with E-state index < -0.39 is 17.5 Å². The molecule has 0 saturated carbocycles. The second kappa shape index (κ2) is 6.32. The van der Waals surface area contributed by atoms with Gasteiger partial charge in [0.1, 0.15) is 6.54 Å². The summed E-state index contributed by atoms with van der Waals surface area (Å²) in [5.41, 5.74) is -0.532. The molecule has 0 heterocycles. The number of hydrogen-bond donors (Lipinski definition) is 2. The monoisotopic (exact) mass is 232 g/mol. The molecule has 0 fully saturated rings. The average Bonchev–Trinajstić information content (AvgIpc) is 2.12. The summed E-state index contributed by atoms with van der Waals surface area (Å²) in [5, 5.41) is 11.3. The maximum absolute atomic E-state index is 11.7. The molecule has 6 heteroatoms. The zero-order chi connectivity index (χ0) is 12.8. The average molecular weight is 232 g/mol. The quantitative estimate of drug-likeness (QED) is 0.678. The highest BCUT2D eigenvalue weighted by molar-refractivity contribution is 5.80. The highest BCUT2D eigenvalue weighted by atomic mass is 16.5. The maximum atomic E-state index is 11.7. The van der Waals surface area contributed by atoms with E-state index in [4.69, 9.17) is 9.84 Å². The molecule has 0 aromatic carbocycles. The molecule has 0 saturated heterocycles. The summed E-state index contributed by atoms with van der Waals surface area (Å²) in [6.45, 7) is 5.80. The molecule has 0 aromatic rings. The number of nitrogens with one attached hydrogen (secondary N) is 1. The van der Waals surface area contributed by atoms with Gasteiger partial charge < -0.3 is 20.1 Å². The first-order chi connectivity index (χ1) is 7.29. The van der Waals surface area contributed by atoms with Crippen LogP contribution in [0.4, 0.5) is 4.79 Å². The largest absolute Gasteiger partial charge is 0.480 e. The van der Waals surface area contributed by atoms with Gasteiger partial charge in [-0.3, -0.25) is 4.79 Å². The number of methoxy groups -OCH3 is 1. The number of carbonyl (C=O) groups excluding carboxylic acids is 1. The fourth-order valence-corrected chi connectivity index (χ4v) is 1.10. The fraction of sp³-hybridized carbons (Fsp3) is 0.800. The van der Waals surface area contributed by atoms with Gasteiger partial charge in [0.05, 0.1) is 6.61 Å². The molecule has 2 N–H and O–H groups in total. The SMILES string of the molecule is COCCNC(=O)N(CC(=O)O)C(C)(C)C. The third kappa shape index (κ3) is 5.55. The van der Waals surface area contributed by atoms with Gasteiger partial charge in [-0.2, -0.15) is 0 Å². The van der Waals surface area contributed by atoms with E-state index in [0.29, 0.717) is 13.2 Å². The van der Waals surface area contributed by atoms with Crippen molar-refractivity contribution in [2.75, 3.05) is 26.8 Å². The zero-order valence-electron chi connectivity index (χ0n) is 10.2. The van der Waals surface area contributed by atoms with Crippen molar-refractivity contribution in [3.63, 3.8) is 0 Å². The first kappa shape index (κ1) is 14.7. The van der Waals surface area contributed by atoms with Gasteiger partial charge in [-0.05, 0) is 20.8 Å². The van der Waals surface area contributed by atoms with E-state index in [2.05, 4.69) is 5.32 Å². The molecular formula is C10H20N2O4. The van der Waals surface area contributed by atoms with E-state index in [-0.39, 0.29) is 6.54 Å². The molecule has 6 nitrogen and oxygen atoms in total. The second-order valence-electron chi connectivity index (χ2n) is 4.38. The van der Waals surface area contributed by atoms with Crippen LogP contribution in [0, 0.1) is 0 Å². The first-order valence-electron chi connectivity index (χ1n) is 5.05. The molecule has 0 unspecified atom stereocenters. The van der Waals surface area contributed by atoms with Crippen LogP contribution in [0.1, 0.15) is 20.8 Å². The summed E-state index contributed by atoms with van der Waals surface area (Å²) in [5.74, 6) is -1.03. The highest BCUT2D eigenvalue weighted by Gasteiger charge is 2.27. The lowest BCUT2D eigenvalue weighted by Crippen LogP contribution is -2.52. The lowest BCUT2D eigenvalue weighted by Gasteiger charge is -2.34. The topological polar surface area (TPSA) is 78.9 Å².